The van der Waals surface area contributed by atoms with Crippen molar-refractivity contribution in [3.63, 3.8) is 0 Å². The lowest BCUT2D eigenvalue weighted by molar-refractivity contribution is -0.138. The van der Waals surface area contributed by atoms with Crippen LogP contribution in [0.2, 0.25) is 0 Å². The van der Waals surface area contributed by atoms with Crippen LogP contribution in [0.1, 0.15) is 37.3 Å². The quantitative estimate of drug-likeness (QED) is 0.858. The summed E-state index contributed by atoms with van der Waals surface area (Å²) in [6, 6.07) is 5.81. The number of piperidine rings is 1. The Balaban J connectivity index is 1.89. The molecular weight excluding hydrogens is 317 g/mol. The Morgan fingerprint density at radius 2 is 2.08 bits per heavy atom. The maximum atomic E-state index is 13.0. The van der Waals surface area contributed by atoms with E-state index in [0.717, 1.165) is 38.4 Å². The van der Waals surface area contributed by atoms with Gasteiger partial charge < -0.3 is 5.32 Å². The molecule has 0 aliphatic carbocycles. The van der Waals surface area contributed by atoms with Crippen molar-refractivity contribution >= 4 is 5.91 Å². The first-order chi connectivity index (χ1) is 11.4. The third-order valence-corrected chi connectivity index (χ3v) is 4.49. The van der Waals surface area contributed by atoms with Crippen LogP contribution < -0.4 is 5.32 Å². The zero-order valence-electron chi connectivity index (χ0n) is 14.0. The molecule has 3 nitrogen and oxygen atoms in total. The zero-order chi connectivity index (χ0) is 17.6. The number of benzene rings is 1. The van der Waals surface area contributed by atoms with Crippen LogP contribution in [0.5, 0.6) is 0 Å². The Labute approximate surface area is 141 Å². The lowest BCUT2D eigenvalue weighted by atomic mass is 9.90. The van der Waals surface area contributed by atoms with Gasteiger partial charge in [0, 0.05) is 13.1 Å². The first-order valence-corrected chi connectivity index (χ1v) is 8.54. The molecule has 1 atom stereocenters. The molecule has 1 fully saturated rings. The normalized spacial score (nSPS) is 19.2. The van der Waals surface area contributed by atoms with Gasteiger partial charge in [-0.1, -0.05) is 18.2 Å². The van der Waals surface area contributed by atoms with Crippen LogP contribution in [0.4, 0.5) is 13.2 Å². The molecular formula is C18H25F3N2O. The highest BCUT2D eigenvalue weighted by atomic mass is 19.4. The van der Waals surface area contributed by atoms with E-state index in [0.29, 0.717) is 31.0 Å². The molecule has 0 aromatic heterocycles. The third kappa shape index (κ3) is 5.51. The number of aryl methyl sites for hydroxylation is 1. The van der Waals surface area contributed by atoms with Gasteiger partial charge in [0.25, 0.3) is 0 Å². The van der Waals surface area contributed by atoms with Gasteiger partial charge in [0.1, 0.15) is 0 Å². The SMILES string of the molecule is CCNC(=O)CN1CCC[C@@H](CCc2ccccc2C(F)(F)F)C1. The minimum absolute atomic E-state index is 0.0144. The number of halogens is 3. The van der Waals surface area contributed by atoms with E-state index < -0.39 is 11.7 Å². The molecule has 1 aliphatic rings. The average Bonchev–Trinajstić information content (AvgIpc) is 2.53. The first-order valence-electron chi connectivity index (χ1n) is 8.54. The zero-order valence-corrected chi connectivity index (χ0v) is 14.0. The first kappa shape index (κ1) is 18.8. The van der Waals surface area contributed by atoms with Crippen LogP contribution in [0.15, 0.2) is 24.3 Å². The number of carbonyl (C=O) groups excluding carboxylic acids is 1. The highest BCUT2D eigenvalue weighted by molar-refractivity contribution is 5.77. The molecule has 0 unspecified atom stereocenters. The summed E-state index contributed by atoms with van der Waals surface area (Å²) in [7, 11) is 0. The number of rotatable bonds is 6. The fourth-order valence-corrected chi connectivity index (χ4v) is 3.36. The summed E-state index contributed by atoms with van der Waals surface area (Å²) in [6.45, 7) is 4.54. The maximum Gasteiger partial charge on any atom is 0.416 e. The smallest absolute Gasteiger partial charge is 0.355 e. The number of nitrogens with zero attached hydrogens (tertiary/aromatic N) is 1. The van der Waals surface area contributed by atoms with Crippen LogP contribution >= 0.6 is 0 Å². The minimum Gasteiger partial charge on any atom is -0.355 e. The van der Waals surface area contributed by atoms with Crippen molar-refractivity contribution in [3.05, 3.63) is 35.4 Å². The number of carbonyl (C=O) groups is 1. The van der Waals surface area contributed by atoms with Gasteiger partial charge in [0.15, 0.2) is 0 Å². The topological polar surface area (TPSA) is 32.3 Å². The number of amides is 1. The van der Waals surface area contributed by atoms with Crippen molar-refractivity contribution in [1.29, 1.82) is 0 Å². The van der Waals surface area contributed by atoms with Crippen LogP contribution in [-0.2, 0) is 17.4 Å². The van der Waals surface area contributed by atoms with E-state index >= 15 is 0 Å². The summed E-state index contributed by atoms with van der Waals surface area (Å²) < 4.78 is 39.1. The van der Waals surface area contributed by atoms with E-state index in [-0.39, 0.29) is 5.91 Å². The minimum atomic E-state index is -4.30. The molecule has 0 saturated carbocycles. The molecule has 134 valence electrons. The van der Waals surface area contributed by atoms with E-state index in [1.54, 1.807) is 12.1 Å². The van der Waals surface area contributed by atoms with Gasteiger partial charge in [0.05, 0.1) is 12.1 Å². The molecule has 24 heavy (non-hydrogen) atoms. The molecule has 0 radical (unpaired) electrons. The predicted molar refractivity (Wildman–Crippen MR) is 87.6 cm³/mol. The average molecular weight is 342 g/mol. The van der Waals surface area contributed by atoms with Crippen molar-refractivity contribution in [2.75, 3.05) is 26.2 Å². The molecule has 1 N–H and O–H groups in total. The number of likely N-dealkylation sites (tertiary alicyclic amines) is 1. The molecule has 1 saturated heterocycles. The molecule has 1 aliphatic heterocycles. The summed E-state index contributed by atoms with van der Waals surface area (Å²) in [4.78, 5) is 13.8. The van der Waals surface area contributed by atoms with Gasteiger partial charge in [-0.3, -0.25) is 9.69 Å². The molecule has 1 aromatic carbocycles. The van der Waals surface area contributed by atoms with Crippen LogP contribution in [0, 0.1) is 5.92 Å². The van der Waals surface area contributed by atoms with E-state index in [4.69, 9.17) is 0 Å². The fourth-order valence-electron chi connectivity index (χ4n) is 3.36. The Bertz CT molecular complexity index is 545. The number of alkyl halides is 3. The van der Waals surface area contributed by atoms with Gasteiger partial charge >= 0.3 is 6.18 Å². The van der Waals surface area contributed by atoms with Crippen molar-refractivity contribution in [1.82, 2.24) is 10.2 Å². The standard InChI is InChI=1S/C18H25F3N2O/c1-2-22-17(24)13-23-11-5-6-14(12-23)9-10-15-7-3-4-8-16(15)18(19,20)21/h3-4,7-8,14H,2,5-6,9-13H2,1H3,(H,22,24)/t14-/m0/s1. The second kappa shape index (κ2) is 8.51. The monoisotopic (exact) mass is 342 g/mol. The van der Waals surface area contributed by atoms with E-state index in [1.165, 1.54) is 6.07 Å². The highest BCUT2D eigenvalue weighted by Gasteiger charge is 2.33. The number of nitrogens with one attached hydrogen (secondary N) is 1. The van der Waals surface area contributed by atoms with Gasteiger partial charge in [0.2, 0.25) is 5.91 Å². The molecule has 1 heterocycles. The Morgan fingerprint density at radius 3 is 2.79 bits per heavy atom. The molecule has 1 aromatic rings. The molecule has 6 heteroatoms. The largest absolute Gasteiger partial charge is 0.416 e. The fraction of sp³-hybridized carbons (Fsp3) is 0.611. The second-order valence-electron chi connectivity index (χ2n) is 6.39. The number of hydrogen-bond donors (Lipinski definition) is 1. The van der Waals surface area contributed by atoms with Crippen LogP contribution in [0.3, 0.4) is 0 Å². The summed E-state index contributed by atoms with van der Waals surface area (Å²) in [5.74, 6) is 0.357. The molecule has 0 bridgehead atoms. The van der Waals surface area contributed by atoms with Crippen LogP contribution in [0.25, 0.3) is 0 Å². The summed E-state index contributed by atoms with van der Waals surface area (Å²) in [5, 5.41) is 2.78. The maximum absolute atomic E-state index is 13.0. The summed E-state index contributed by atoms with van der Waals surface area (Å²) in [6.07, 6.45) is -1.15. The van der Waals surface area contributed by atoms with Gasteiger partial charge in [-0.05, 0) is 56.7 Å². The summed E-state index contributed by atoms with van der Waals surface area (Å²) >= 11 is 0. The van der Waals surface area contributed by atoms with Crippen molar-refractivity contribution in [3.8, 4) is 0 Å². The van der Waals surface area contributed by atoms with Crippen molar-refractivity contribution in [2.45, 2.75) is 38.8 Å². The van der Waals surface area contributed by atoms with Gasteiger partial charge in [-0.25, -0.2) is 0 Å². The van der Waals surface area contributed by atoms with Crippen LogP contribution in [-0.4, -0.2) is 37.0 Å². The van der Waals surface area contributed by atoms with E-state index in [9.17, 15) is 18.0 Å². The molecule has 2 rings (SSSR count). The Hall–Kier alpha value is -1.56. The lowest BCUT2D eigenvalue weighted by Gasteiger charge is -2.32. The van der Waals surface area contributed by atoms with Gasteiger partial charge in [-0.15, -0.1) is 0 Å². The third-order valence-electron chi connectivity index (χ3n) is 4.49. The second-order valence-corrected chi connectivity index (χ2v) is 6.39. The predicted octanol–water partition coefficient (Wildman–Crippen LogP) is 3.49. The number of likely N-dealkylation sites (N-methyl/N-ethyl adjacent to an activating group) is 1. The molecule has 1 amide bonds. The van der Waals surface area contributed by atoms with E-state index in [1.807, 2.05) is 6.92 Å². The van der Waals surface area contributed by atoms with Crippen molar-refractivity contribution in [2.24, 2.45) is 5.92 Å². The van der Waals surface area contributed by atoms with E-state index in [2.05, 4.69) is 10.2 Å². The molecule has 0 spiro atoms. The Kier molecular flexibility index (Phi) is 6.66. The van der Waals surface area contributed by atoms with Crippen molar-refractivity contribution < 1.29 is 18.0 Å². The summed E-state index contributed by atoms with van der Waals surface area (Å²) in [5.41, 5.74) is -0.161. The number of hydrogen-bond acceptors (Lipinski definition) is 2. The lowest BCUT2D eigenvalue weighted by Crippen LogP contribution is -2.42. The van der Waals surface area contributed by atoms with Gasteiger partial charge in [-0.2, -0.15) is 13.2 Å². The Morgan fingerprint density at radius 1 is 1.33 bits per heavy atom. The highest BCUT2D eigenvalue weighted by Crippen LogP contribution is 2.33.